The summed E-state index contributed by atoms with van der Waals surface area (Å²) < 4.78 is 38.9. The van der Waals surface area contributed by atoms with Gasteiger partial charge < -0.3 is 5.73 Å². The number of allylic oxidation sites excluding steroid dienone is 3. The summed E-state index contributed by atoms with van der Waals surface area (Å²) in [5, 5.41) is 0. The number of ether oxygens (including phenoxy) is 1. The first kappa shape index (κ1) is 9.85. The van der Waals surface area contributed by atoms with E-state index in [1.54, 1.807) is 0 Å². The lowest BCUT2D eigenvalue weighted by Crippen LogP contribution is -2.20. The third kappa shape index (κ3) is 3.80. The van der Waals surface area contributed by atoms with Crippen molar-refractivity contribution < 1.29 is 17.9 Å². The molecule has 0 aromatic carbocycles. The lowest BCUT2D eigenvalue weighted by atomic mass is 10.3. The monoisotopic (exact) mass is 191 g/mol. The molecule has 1 unspecified atom stereocenters. The highest BCUT2D eigenvalue weighted by Crippen LogP contribution is 2.20. The molecule has 0 amide bonds. The Morgan fingerprint density at radius 1 is 1.31 bits per heavy atom. The van der Waals surface area contributed by atoms with E-state index >= 15 is 0 Å². The molecule has 0 fully saturated rings. The van der Waals surface area contributed by atoms with Crippen LogP contribution in [0.1, 0.15) is 0 Å². The third-order valence-electron chi connectivity index (χ3n) is 1.34. The van der Waals surface area contributed by atoms with Gasteiger partial charge in [-0.15, -0.1) is 13.2 Å². The Morgan fingerprint density at radius 2 is 2.00 bits per heavy atom. The fraction of sp³-hybridized carbons (Fsp3) is 0.250. The van der Waals surface area contributed by atoms with Crippen LogP contribution in [0.3, 0.4) is 0 Å². The van der Waals surface area contributed by atoms with Crippen LogP contribution in [0.15, 0.2) is 36.1 Å². The number of alkyl halides is 3. The van der Waals surface area contributed by atoms with Gasteiger partial charge in [0.1, 0.15) is 6.10 Å². The summed E-state index contributed by atoms with van der Waals surface area (Å²) in [6, 6.07) is 0. The summed E-state index contributed by atoms with van der Waals surface area (Å²) in [4.78, 5) is 0. The van der Waals surface area contributed by atoms with Gasteiger partial charge in [0.15, 0.2) is 0 Å². The van der Waals surface area contributed by atoms with Crippen molar-refractivity contribution in [3.05, 3.63) is 36.1 Å². The maximum Gasteiger partial charge on any atom is 0.523 e. The van der Waals surface area contributed by atoms with Crippen LogP contribution in [-0.2, 0) is 4.74 Å². The number of rotatable bonds is 1. The van der Waals surface area contributed by atoms with Gasteiger partial charge in [-0.1, -0.05) is 12.2 Å². The van der Waals surface area contributed by atoms with Crippen molar-refractivity contribution in [1.29, 1.82) is 0 Å². The van der Waals surface area contributed by atoms with E-state index < -0.39 is 12.5 Å². The predicted octanol–water partition coefficient (Wildman–Crippen LogP) is 1.86. The van der Waals surface area contributed by atoms with Crippen LogP contribution in [-0.4, -0.2) is 12.5 Å². The normalized spacial score (nSPS) is 22.7. The van der Waals surface area contributed by atoms with E-state index in [0.717, 1.165) is 0 Å². The van der Waals surface area contributed by atoms with Crippen LogP contribution in [0.4, 0.5) is 13.2 Å². The first-order valence-electron chi connectivity index (χ1n) is 3.54. The second-order valence-electron chi connectivity index (χ2n) is 2.44. The SMILES string of the molecule is NC1=CC=CC(OC(F)(F)F)C=C1. The Bertz CT molecular complexity index is 265. The van der Waals surface area contributed by atoms with Crippen molar-refractivity contribution in [3.63, 3.8) is 0 Å². The van der Waals surface area contributed by atoms with Crippen molar-refractivity contribution in [2.24, 2.45) is 5.73 Å². The van der Waals surface area contributed by atoms with E-state index in [1.807, 2.05) is 0 Å². The minimum atomic E-state index is -4.63. The van der Waals surface area contributed by atoms with E-state index in [1.165, 1.54) is 30.4 Å². The summed E-state index contributed by atoms with van der Waals surface area (Å²) >= 11 is 0. The summed E-state index contributed by atoms with van der Waals surface area (Å²) in [5.41, 5.74) is 5.74. The number of hydrogen-bond acceptors (Lipinski definition) is 2. The minimum Gasteiger partial charge on any atom is -0.399 e. The lowest BCUT2D eigenvalue weighted by molar-refractivity contribution is -0.330. The van der Waals surface area contributed by atoms with E-state index in [0.29, 0.717) is 5.70 Å². The van der Waals surface area contributed by atoms with E-state index in [9.17, 15) is 13.2 Å². The molecule has 0 aliphatic heterocycles. The molecule has 72 valence electrons. The Kier molecular flexibility index (Phi) is 2.77. The zero-order chi connectivity index (χ0) is 9.90. The molecular weight excluding hydrogens is 183 g/mol. The van der Waals surface area contributed by atoms with Gasteiger partial charge in [-0.25, -0.2) is 0 Å². The predicted molar refractivity (Wildman–Crippen MR) is 41.5 cm³/mol. The van der Waals surface area contributed by atoms with Gasteiger partial charge in [0.25, 0.3) is 0 Å². The average Bonchev–Trinajstić information content (AvgIpc) is 2.12. The summed E-state index contributed by atoms with van der Waals surface area (Å²) in [5.74, 6) is 0. The molecule has 0 saturated carbocycles. The summed E-state index contributed by atoms with van der Waals surface area (Å²) in [7, 11) is 0. The van der Waals surface area contributed by atoms with Gasteiger partial charge in [0, 0.05) is 5.70 Å². The van der Waals surface area contributed by atoms with E-state index in [-0.39, 0.29) is 0 Å². The Hall–Kier alpha value is -1.23. The maximum absolute atomic E-state index is 11.7. The van der Waals surface area contributed by atoms with Crippen LogP contribution in [0.2, 0.25) is 0 Å². The lowest BCUT2D eigenvalue weighted by Gasteiger charge is -2.11. The van der Waals surface area contributed by atoms with Crippen molar-refractivity contribution in [1.82, 2.24) is 0 Å². The molecule has 0 bridgehead atoms. The fourth-order valence-corrected chi connectivity index (χ4v) is 0.835. The molecule has 0 radical (unpaired) electrons. The molecule has 0 aromatic heterocycles. The molecule has 5 heteroatoms. The fourth-order valence-electron chi connectivity index (χ4n) is 0.835. The molecule has 1 aliphatic rings. The summed E-state index contributed by atoms with van der Waals surface area (Å²) in [6.07, 6.45) is 1.07. The molecule has 13 heavy (non-hydrogen) atoms. The van der Waals surface area contributed by atoms with Crippen molar-refractivity contribution in [2.75, 3.05) is 0 Å². The van der Waals surface area contributed by atoms with Gasteiger partial charge in [-0.2, -0.15) is 0 Å². The molecule has 2 N–H and O–H groups in total. The van der Waals surface area contributed by atoms with Gasteiger partial charge in [0.2, 0.25) is 0 Å². The number of hydrogen-bond donors (Lipinski definition) is 1. The van der Waals surface area contributed by atoms with Crippen LogP contribution in [0, 0.1) is 0 Å². The van der Waals surface area contributed by atoms with E-state index in [4.69, 9.17) is 5.73 Å². The Labute approximate surface area is 73.2 Å². The first-order valence-corrected chi connectivity index (χ1v) is 3.54. The quantitative estimate of drug-likeness (QED) is 0.686. The van der Waals surface area contributed by atoms with Crippen molar-refractivity contribution in [2.45, 2.75) is 12.5 Å². The highest BCUT2D eigenvalue weighted by atomic mass is 19.4. The van der Waals surface area contributed by atoms with Crippen LogP contribution in [0.5, 0.6) is 0 Å². The van der Waals surface area contributed by atoms with Crippen LogP contribution in [0.25, 0.3) is 0 Å². The number of nitrogens with two attached hydrogens (primary N) is 1. The van der Waals surface area contributed by atoms with Crippen LogP contribution >= 0.6 is 0 Å². The number of halogens is 3. The topological polar surface area (TPSA) is 35.2 Å². The maximum atomic E-state index is 11.7. The van der Waals surface area contributed by atoms with Gasteiger partial charge in [-0.05, 0) is 18.2 Å². The van der Waals surface area contributed by atoms with E-state index in [2.05, 4.69) is 4.74 Å². The third-order valence-corrected chi connectivity index (χ3v) is 1.34. The Morgan fingerprint density at radius 3 is 2.62 bits per heavy atom. The van der Waals surface area contributed by atoms with Gasteiger partial charge in [-0.3, -0.25) is 4.74 Å². The zero-order valence-corrected chi connectivity index (χ0v) is 6.58. The molecule has 1 atom stereocenters. The van der Waals surface area contributed by atoms with Crippen molar-refractivity contribution >= 4 is 0 Å². The van der Waals surface area contributed by atoms with Gasteiger partial charge >= 0.3 is 6.36 Å². The molecular formula is C8H8F3NO. The average molecular weight is 191 g/mol. The molecule has 1 aliphatic carbocycles. The zero-order valence-electron chi connectivity index (χ0n) is 6.58. The second kappa shape index (κ2) is 3.66. The summed E-state index contributed by atoms with van der Waals surface area (Å²) in [6.45, 7) is 0. The van der Waals surface area contributed by atoms with Crippen LogP contribution < -0.4 is 5.73 Å². The van der Waals surface area contributed by atoms with Gasteiger partial charge in [0.05, 0.1) is 0 Å². The smallest absolute Gasteiger partial charge is 0.399 e. The van der Waals surface area contributed by atoms with Crippen molar-refractivity contribution in [3.8, 4) is 0 Å². The standard InChI is InChI=1S/C8H8F3NO/c9-8(10,11)13-7-3-1-2-6(12)4-5-7/h1-5,7H,12H2. The molecule has 0 spiro atoms. The minimum absolute atomic E-state index is 0.393. The largest absolute Gasteiger partial charge is 0.523 e. The molecule has 0 saturated heterocycles. The highest BCUT2D eigenvalue weighted by Gasteiger charge is 2.31. The molecule has 0 heterocycles. The molecule has 0 aromatic rings. The highest BCUT2D eigenvalue weighted by molar-refractivity contribution is 5.27. The molecule has 1 rings (SSSR count). The first-order chi connectivity index (χ1) is 5.97. The molecule has 2 nitrogen and oxygen atoms in total. The second-order valence-corrected chi connectivity index (χ2v) is 2.44. The Balaban J connectivity index is 2.61.